The number of nitrogens with two attached hydrogens (primary N) is 1. The molecular weight excluding hydrogens is 228 g/mol. The van der Waals surface area contributed by atoms with Crippen LogP contribution in [0.2, 0.25) is 0 Å². The first kappa shape index (κ1) is 12.8. The average molecular weight is 248 g/mol. The largest absolute Gasteiger partial charge is 0.353 e. The number of hydrogen-bond acceptors (Lipinski definition) is 4. The summed E-state index contributed by atoms with van der Waals surface area (Å²) in [7, 11) is 0. The molecule has 0 saturated heterocycles. The first-order valence-electron chi connectivity index (χ1n) is 6.33. The number of aliphatic imine (C=N–C) groups is 1. The Labute approximate surface area is 107 Å². The molecular formula is C12H20N6. The van der Waals surface area contributed by atoms with Crippen LogP contribution in [-0.4, -0.2) is 22.0 Å². The zero-order valence-corrected chi connectivity index (χ0v) is 10.7. The van der Waals surface area contributed by atoms with Crippen molar-refractivity contribution in [2.75, 3.05) is 0 Å². The minimum atomic E-state index is 0.479. The van der Waals surface area contributed by atoms with Crippen molar-refractivity contribution in [3.05, 3.63) is 23.8 Å². The van der Waals surface area contributed by atoms with E-state index in [1.54, 1.807) is 12.4 Å². The van der Waals surface area contributed by atoms with Crippen LogP contribution < -0.4 is 16.6 Å². The molecule has 0 aromatic carbocycles. The molecule has 98 valence electrons. The molecule has 1 aliphatic rings. The molecule has 1 fully saturated rings. The van der Waals surface area contributed by atoms with Gasteiger partial charge in [0, 0.05) is 12.2 Å². The summed E-state index contributed by atoms with van der Waals surface area (Å²) in [6.07, 6.45) is 8.40. The van der Waals surface area contributed by atoms with Gasteiger partial charge in [-0.15, -0.1) is 0 Å². The maximum atomic E-state index is 5.46. The average Bonchev–Trinajstić information content (AvgIpc) is 2.89. The Balaban J connectivity index is 1.90. The summed E-state index contributed by atoms with van der Waals surface area (Å²) in [5.74, 6) is 6.09. The van der Waals surface area contributed by atoms with Crippen LogP contribution in [0.5, 0.6) is 0 Å². The summed E-state index contributed by atoms with van der Waals surface area (Å²) in [6.45, 7) is 2.39. The zero-order valence-electron chi connectivity index (χ0n) is 10.7. The molecule has 0 atom stereocenters. The Morgan fingerprint density at radius 1 is 1.39 bits per heavy atom. The van der Waals surface area contributed by atoms with Crippen molar-refractivity contribution in [1.29, 1.82) is 0 Å². The zero-order chi connectivity index (χ0) is 12.8. The van der Waals surface area contributed by atoms with Crippen LogP contribution in [0.15, 0.2) is 17.4 Å². The van der Waals surface area contributed by atoms with Gasteiger partial charge in [-0.3, -0.25) is 15.4 Å². The molecule has 1 aliphatic carbocycles. The molecule has 0 aliphatic heterocycles. The fourth-order valence-corrected chi connectivity index (χ4v) is 2.06. The second-order valence-electron chi connectivity index (χ2n) is 4.58. The van der Waals surface area contributed by atoms with Gasteiger partial charge in [-0.1, -0.05) is 12.8 Å². The Hall–Kier alpha value is -1.69. The van der Waals surface area contributed by atoms with Crippen LogP contribution >= 0.6 is 0 Å². The third kappa shape index (κ3) is 3.66. The third-order valence-electron chi connectivity index (χ3n) is 3.07. The number of aryl methyl sites for hydroxylation is 1. The van der Waals surface area contributed by atoms with Crippen LogP contribution in [0.1, 0.15) is 37.1 Å². The standard InChI is InChI=1S/C12H20N6/c1-9-6-15-11(7-14-9)8-16-12(18-13)17-10-4-2-3-5-10/h6-7,10H,2-5,8,13H2,1H3,(H2,16,17,18). The van der Waals surface area contributed by atoms with Gasteiger partial charge in [-0.05, 0) is 19.8 Å². The molecule has 6 heteroatoms. The maximum Gasteiger partial charge on any atom is 0.206 e. The molecule has 0 bridgehead atoms. The first-order valence-corrected chi connectivity index (χ1v) is 6.33. The molecule has 4 N–H and O–H groups in total. The highest BCUT2D eigenvalue weighted by Crippen LogP contribution is 2.17. The predicted octanol–water partition coefficient (Wildman–Crippen LogP) is 0.637. The fourth-order valence-electron chi connectivity index (χ4n) is 2.06. The number of rotatable bonds is 3. The summed E-state index contributed by atoms with van der Waals surface area (Å²) in [4.78, 5) is 12.8. The van der Waals surface area contributed by atoms with E-state index in [9.17, 15) is 0 Å². The molecule has 2 rings (SSSR count). The van der Waals surface area contributed by atoms with Gasteiger partial charge in [0.05, 0.1) is 24.1 Å². The summed E-state index contributed by atoms with van der Waals surface area (Å²) in [5.41, 5.74) is 4.34. The highest BCUT2D eigenvalue weighted by atomic mass is 15.3. The summed E-state index contributed by atoms with van der Waals surface area (Å²) in [5, 5.41) is 3.31. The summed E-state index contributed by atoms with van der Waals surface area (Å²) >= 11 is 0. The van der Waals surface area contributed by atoms with Crippen LogP contribution in [0.3, 0.4) is 0 Å². The van der Waals surface area contributed by atoms with Gasteiger partial charge in [-0.2, -0.15) is 0 Å². The lowest BCUT2D eigenvalue weighted by Gasteiger charge is -2.14. The predicted molar refractivity (Wildman–Crippen MR) is 70.6 cm³/mol. The molecule has 1 saturated carbocycles. The van der Waals surface area contributed by atoms with Gasteiger partial charge in [0.25, 0.3) is 0 Å². The second kappa shape index (κ2) is 6.30. The smallest absolute Gasteiger partial charge is 0.206 e. The van der Waals surface area contributed by atoms with Gasteiger partial charge in [0.15, 0.2) is 0 Å². The lowest BCUT2D eigenvalue weighted by molar-refractivity contribution is 0.614. The van der Waals surface area contributed by atoms with Gasteiger partial charge >= 0.3 is 0 Å². The van der Waals surface area contributed by atoms with Crippen LogP contribution in [0, 0.1) is 6.92 Å². The number of nitrogens with one attached hydrogen (secondary N) is 2. The van der Waals surface area contributed by atoms with E-state index in [-0.39, 0.29) is 0 Å². The van der Waals surface area contributed by atoms with Crippen molar-refractivity contribution in [2.45, 2.75) is 45.2 Å². The lowest BCUT2D eigenvalue weighted by atomic mass is 10.2. The van der Waals surface area contributed by atoms with E-state index in [1.807, 2.05) is 6.92 Å². The van der Waals surface area contributed by atoms with Crippen molar-refractivity contribution >= 4 is 5.96 Å². The lowest BCUT2D eigenvalue weighted by Crippen LogP contribution is -2.45. The molecule has 0 spiro atoms. The van der Waals surface area contributed by atoms with Crippen molar-refractivity contribution in [1.82, 2.24) is 20.7 Å². The summed E-state index contributed by atoms with van der Waals surface area (Å²) in [6, 6.07) is 0.490. The molecule has 6 nitrogen and oxygen atoms in total. The van der Waals surface area contributed by atoms with Crippen LogP contribution in [-0.2, 0) is 6.54 Å². The van der Waals surface area contributed by atoms with Crippen molar-refractivity contribution in [2.24, 2.45) is 10.8 Å². The van der Waals surface area contributed by atoms with E-state index in [4.69, 9.17) is 5.84 Å². The van der Waals surface area contributed by atoms with E-state index in [0.29, 0.717) is 18.5 Å². The molecule has 18 heavy (non-hydrogen) atoms. The number of hydrogen-bond donors (Lipinski definition) is 3. The first-order chi connectivity index (χ1) is 8.78. The van der Waals surface area contributed by atoms with Crippen LogP contribution in [0.25, 0.3) is 0 Å². The summed E-state index contributed by atoms with van der Waals surface area (Å²) < 4.78 is 0. The Morgan fingerprint density at radius 3 is 2.78 bits per heavy atom. The molecule has 1 aromatic rings. The number of hydrazine groups is 1. The quantitative estimate of drug-likeness (QED) is 0.316. The number of aromatic nitrogens is 2. The molecule has 1 heterocycles. The van der Waals surface area contributed by atoms with Crippen molar-refractivity contribution < 1.29 is 0 Å². The van der Waals surface area contributed by atoms with Crippen molar-refractivity contribution in [3.63, 3.8) is 0 Å². The number of nitrogens with zero attached hydrogens (tertiary/aromatic N) is 3. The topological polar surface area (TPSA) is 88.2 Å². The van der Waals surface area contributed by atoms with Gasteiger partial charge < -0.3 is 5.32 Å². The van der Waals surface area contributed by atoms with E-state index in [0.717, 1.165) is 11.4 Å². The highest BCUT2D eigenvalue weighted by Gasteiger charge is 2.15. The van der Waals surface area contributed by atoms with E-state index in [2.05, 4.69) is 25.7 Å². The monoisotopic (exact) mass is 248 g/mol. The number of guanidine groups is 1. The highest BCUT2D eigenvalue weighted by molar-refractivity contribution is 5.79. The van der Waals surface area contributed by atoms with Crippen molar-refractivity contribution in [3.8, 4) is 0 Å². The SMILES string of the molecule is Cc1cnc(CN=C(NN)NC2CCCC2)cn1. The Bertz CT molecular complexity index is 394. The molecule has 0 unspecified atom stereocenters. The minimum absolute atomic E-state index is 0.479. The van der Waals surface area contributed by atoms with E-state index in [1.165, 1.54) is 25.7 Å². The minimum Gasteiger partial charge on any atom is -0.353 e. The molecule has 0 amide bonds. The van der Waals surface area contributed by atoms with E-state index >= 15 is 0 Å². The van der Waals surface area contributed by atoms with Gasteiger partial charge in [0.2, 0.25) is 5.96 Å². The Morgan fingerprint density at radius 2 is 2.17 bits per heavy atom. The second-order valence-corrected chi connectivity index (χ2v) is 4.58. The van der Waals surface area contributed by atoms with E-state index < -0.39 is 0 Å². The normalized spacial score (nSPS) is 16.9. The maximum absolute atomic E-state index is 5.46. The van der Waals surface area contributed by atoms with Gasteiger partial charge in [0.1, 0.15) is 0 Å². The fraction of sp³-hybridized carbons (Fsp3) is 0.583. The molecule has 1 aromatic heterocycles. The van der Waals surface area contributed by atoms with Crippen LogP contribution in [0.4, 0.5) is 0 Å². The molecule has 0 radical (unpaired) electrons. The third-order valence-corrected chi connectivity index (χ3v) is 3.07. The Kier molecular flexibility index (Phi) is 4.46. The van der Waals surface area contributed by atoms with Gasteiger partial charge in [-0.25, -0.2) is 10.8 Å².